The molecule has 1 aromatic carbocycles. The predicted octanol–water partition coefficient (Wildman–Crippen LogP) is 5.47. The third-order valence-electron chi connectivity index (χ3n) is 7.69. The van der Waals surface area contributed by atoms with E-state index in [1.165, 1.54) is 0 Å². The minimum absolute atomic E-state index is 0.0114. The minimum atomic E-state index is -1.000. The average molecular weight is 569 g/mol. The Morgan fingerprint density at radius 2 is 1.98 bits per heavy atom. The van der Waals surface area contributed by atoms with Gasteiger partial charge in [-0.3, -0.25) is 14.9 Å². The first-order valence-corrected chi connectivity index (χ1v) is 15.0. The van der Waals surface area contributed by atoms with E-state index in [0.717, 1.165) is 66.5 Å². The molecule has 9 heteroatoms. The van der Waals surface area contributed by atoms with Crippen LogP contribution in [0, 0.1) is 12.8 Å². The minimum Gasteiger partial charge on any atom is -0.461 e. The molecule has 1 N–H and O–H groups in total. The van der Waals surface area contributed by atoms with Crippen LogP contribution in [0.25, 0.3) is 22.4 Å². The van der Waals surface area contributed by atoms with E-state index >= 15 is 0 Å². The monoisotopic (exact) mass is 568 g/mol. The number of hydrogen-bond donors (Lipinski definition) is 1. The zero-order valence-corrected chi connectivity index (χ0v) is 25.1. The number of halogens is 1. The second-order valence-electron chi connectivity index (χ2n) is 11.8. The predicted molar refractivity (Wildman–Crippen MR) is 160 cm³/mol. The Morgan fingerprint density at radius 3 is 2.63 bits per heavy atom. The van der Waals surface area contributed by atoms with Gasteiger partial charge in [-0.05, 0) is 75.1 Å². The highest BCUT2D eigenvalue weighted by Gasteiger charge is 2.26. The van der Waals surface area contributed by atoms with Crippen molar-refractivity contribution >= 4 is 17.0 Å². The Labute approximate surface area is 242 Å². The standard InChI is InChI=1S/C32H45FN4O4/c1-6-13-40-26(14-21(2)3)20-37-29-12-11-23(18-34-28(17-33)32(39)41-25-9-7-8-10-25)16-27(29)35-30(37)24-15-22(4)31(38)36(5)19-24/h11-12,15-16,19,21,25-26,28,34H,6-10,13-14,17-18,20H2,1-5H3. The maximum absolute atomic E-state index is 13.8. The highest BCUT2D eigenvalue weighted by molar-refractivity contribution is 5.81. The summed E-state index contributed by atoms with van der Waals surface area (Å²) in [5.74, 6) is 0.705. The molecule has 0 saturated heterocycles. The van der Waals surface area contributed by atoms with E-state index in [1.54, 1.807) is 11.6 Å². The number of fused-ring (bicyclic) bond motifs is 1. The number of ether oxygens (including phenoxy) is 2. The molecule has 1 saturated carbocycles. The summed E-state index contributed by atoms with van der Waals surface area (Å²) in [6.45, 7) is 9.10. The number of benzene rings is 1. The molecule has 41 heavy (non-hydrogen) atoms. The van der Waals surface area contributed by atoms with Crippen LogP contribution in [0.5, 0.6) is 0 Å². The number of pyridine rings is 1. The topological polar surface area (TPSA) is 87.4 Å². The lowest BCUT2D eigenvalue weighted by Gasteiger charge is -2.22. The second kappa shape index (κ2) is 14.2. The third kappa shape index (κ3) is 7.83. The van der Waals surface area contributed by atoms with Crippen LogP contribution >= 0.6 is 0 Å². The van der Waals surface area contributed by atoms with Gasteiger partial charge in [-0.1, -0.05) is 26.8 Å². The molecule has 4 rings (SSSR count). The van der Waals surface area contributed by atoms with Gasteiger partial charge < -0.3 is 18.6 Å². The van der Waals surface area contributed by atoms with Gasteiger partial charge in [0.05, 0.1) is 23.7 Å². The Bertz CT molecular complexity index is 1350. The highest BCUT2D eigenvalue weighted by atomic mass is 19.1. The molecule has 0 radical (unpaired) electrons. The molecule has 2 heterocycles. The first kappa shape index (κ1) is 30.9. The Hall–Kier alpha value is -3.04. The summed E-state index contributed by atoms with van der Waals surface area (Å²) >= 11 is 0. The van der Waals surface area contributed by atoms with Crippen LogP contribution in [0.1, 0.15) is 70.4 Å². The van der Waals surface area contributed by atoms with E-state index in [4.69, 9.17) is 14.5 Å². The molecule has 3 aromatic rings. The van der Waals surface area contributed by atoms with Gasteiger partial charge in [0.15, 0.2) is 0 Å². The van der Waals surface area contributed by atoms with Crippen LogP contribution in [-0.4, -0.2) is 51.6 Å². The van der Waals surface area contributed by atoms with Crippen molar-refractivity contribution in [1.82, 2.24) is 19.4 Å². The van der Waals surface area contributed by atoms with Crippen molar-refractivity contribution in [2.75, 3.05) is 13.3 Å². The maximum Gasteiger partial charge on any atom is 0.326 e. The van der Waals surface area contributed by atoms with Crippen molar-refractivity contribution in [3.8, 4) is 11.4 Å². The smallest absolute Gasteiger partial charge is 0.326 e. The lowest BCUT2D eigenvalue weighted by molar-refractivity contribution is -0.151. The number of hydrogen-bond acceptors (Lipinski definition) is 6. The summed E-state index contributed by atoms with van der Waals surface area (Å²) in [4.78, 5) is 30.0. The molecule has 0 spiro atoms. The zero-order chi connectivity index (χ0) is 29.5. The molecule has 2 unspecified atom stereocenters. The number of esters is 1. The number of carbonyl (C=O) groups is 1. The van der Waals surface area contributed by atoms with E-state index < -0.39 is 18.7 Å². The summed E-state index contributed by atoms with van der Waals surface area (Å²) in [5, 5.41) is 3.03. The van der Waals surface area contributed by atoms with E-state index in [2.05, 4.69) is 30.7 Å². The van der Waals surface area contributed by atoms with Gasteiger partial charge in [-0.2, -0.15) is 0 Å². The highest BCUT2D eigenvalue weighted by Crippen LogP contribution is 2.28. The number of carbonyl (C=O) groups excluding carboxylic acids is 1. The summed E-state index contributed by atoms with van der Waals surface area (Å²) in [6, 6.07) is 6.85. The summed E-state index contributed by atoms with van der Waals surface area (Å²) < 4.78 is 29.3. The van der Waals surface area contributed by atoms with Crippen molar-refractivity contribution in [1.29, 1.82) is 0 Å². The van der Waals surface area contributed by atoms with Crippen LogP contribution < -0.4 is 10.9 Å². The Balaban J connectivity index is 1.63. The van der Waals surface area contributed by atoms with Crippen molar-refractivity contribution < 1.29 is 18.7 Å². The molecule has 2 atom stereocenters. The van der Waals surface area contributed by atoms with Gasteiger partial charge in [-0.15, -0.1) is 0 Å². The number of imidazole rings is 1. The normalized spacial score (nSPS) is 15.6. The number of rotatable bonds is 14. The zero-order valence-electron chi connectivity index (χ0n) is 25.1. The second-order valence-corrected chi connectivity index (χ2v) is 11.8. The van der Waals surface area contributed by atoms with Gasteiger partial charge in [0, 0.05) is 37.5 Å². The van der Waals surface area contributed by atoms with Crippen LogP contribution in [0.4, 0.5) is 4.39 Å². The van der Waals surface area contributed by atoms with Crippen molar-refractivity contribution in [2.24, 2.45) is 13.0 Å². The third-order valence-corrected chi connectivity index (χ3v) is 7.69. The number of alkyl halides is 1. The van der Waals surface area contributed by atoms with Crippen LogP contribution in [0.3, 0.4) is 0 Å². The van der Waals surface area contributed by atoms with Gasteiger partial charge in [0.2, 0.25) is 0 Å². The molecule has 2 aromatic heterocycles. The molecule has 0 aliphatic heterocycles. The van der Waals surface area contributed by atoms with Gasteiger partial charge in [0.25, 0.3) is 5.56 Å². The van der Waals surface area contributed by atoms with Crippen LogP contribution in [-0.2, 0) is 34.4 Å². The summed E-state index contributed by atoms with van der Waals surface area (Å²) in [5.41, 5.74) is 4.09. The molecular weight excluding hydrogens is 523 g/mol. The average Bonchev–Trinajstić information content (AvgIpc) is 3.57. The van der Waals surface area contributed by atoms with Gasteiger partial charge >= 0.3 is 5.97 Å². The largest absolute Gasteiger partial charge is 0.461 e. The van der Waals surface area contributed by atoms with E-state index in [0.29, 0.717) is 31.2 Å². The molecule has 224 valence electrons. The number of aromatic nitrogens is 3. The lowest BCUT2D eigenvalue weighted by Crippen LogP contribution is -2.40. The first-order valence-electron chi connectivity index (χ1n) is 15.0. The lowest BCUT2D eigenvalue weighted by atomic mass is 10.1. The van der Waals surface area contributed by atoms with Gasteiger partial charge in [0.1, 0.15) is 24.6 Å². The van der Waals surface area contributed by atoms with Crippen LogP contribution in [0.2, 0.25) is 0 Å². The Kier molecular flexibility index (Phi) is 10.7. The quantitative estimate of drug-likeness (QED) is 0.260. The van der Waals surface area contributed by atoms with E-state index in [9.17, 15) is 14.0 Å². The fourth-order valence-corrected chi connectivity index (χ4v) is 5.59. The molecule has 1 aliphatic rings. The molecule has 0 bridgehead atoms. The van der Waals surface area contributed by atoms with Crippen LogP contribution in [0.15, 0.2) is 35.3 Å². The number of nitrogens with one attached hydrogen (secondary N) is 1. The van der Waals surface area contributed by atoms with E-state index in [-0.39, 0.29) is 17.8 Å². The fraction of sp³-hybridized carbons (Fsp3) is 0.594. The molecule has 1 fully saturated rings. The van der Waals surface area contributed by atoms with E-state index in [1.807, 2.05) is 37.4 Å². The van der Waals surface area contributed by atoms with Crippen molar-refractivity contribution in [3.05, 3.63) is 51.9 Å². The Morgan fingerprint density at radius 1 is 1.22 bits per heavy atom. The first-order chi connectivity index (χ1) is 19.7. The van der Waals surface area contributed by atoms with Gasteiger partial charge in [-0.25, -0.2) is 9.37 Å². The fourth-order valence-electron chi connectivity index (χ4n) is 5.59. The summed E-state index contributed by atoms with van der Waals surface area (Å²) in [7, 11) is 1.75. The molecular formula is C32H45FN4O4. The number of aryl methyl sites for hydroxylation is 2. The molecule has 1 aliphatic carbocycles. The van der Waals surface area contributed by atoms with Crippen molar-refractivity contribution in [3.63, 3.8) is 0 Å². The molecule has 8 nitrogen and oxygen atoms in total. The maximum atomic E-state index is 13.8. The summed E-state index contributed by atoms with van der Waals surface area (Å²) in [6.07, 6.45) is 7.38. The SMILES string of the molecule is CCCOC(CC(C)C)Cn1c(-c2cc(C)c(=O)n(C)c2)nc2cc(CNC(CF)C(=O)OC3CCCC3)ccc21. The van der Waals surface area contributed by atoms with Crippen molar-refractivity contribution in [2.45, 2.75) is 97.6 Å². The molecule has 0 amide bonds. The number of nitrogens with zero attached hydrogens (tertiary/aromatic N) is 3.